The van der Waals surface area contributed by atoms with E-state index in [1.165, 1.54) is 11.8 Å². The first-order valence-electron chi connectivity index (χ1n) is 6.18. The van der Waals surface area contributed by atoms with Crippen LogP contribution in [0.4, 0.5) is 5.69 Å². The normalized spacial score (nSPS) is 11.0. The second-order valence-electron chi connectivity index (χ2n) is 3.81. The quantitative estimate of drug-likeness (QED) is 0.403. The summed E-state index contributed by atoms with van der Waals surface area (Å²) in [5, 5.41) is 19.3. The van der Waals surface area contributed by atoms with E-state index in [2.05, 4.69) is 20.5 Å². The van der Waals surface area contributed by atoms with Gasteiger partial charge in [0.25, 0.3) is 0 Å². The highest BCUT2D eigenvalue weighted by Gasteiger charge is 2.07. The predicted molar refractivity (Wildman–Crippen MR) is 81.9 cm³/mol. The number of thioether (sulfide) groups is 1. The minimum atomic E-state index is 0.499. The van der Waals surface area contributed by atoms with Crippen LogP contribution in [0.1, 0.15) is 6.92 Å². The summed E-state index contributed by atoms with van der Waals surface area (Å²) < 4.78 is 7.33. The third-order valence-electron chi connectivity index (χ3n) is 2.54. The molecule has 7 nitrogen and oxygen atoms in total. The zero-order valence-corrected chi connectivity index (χ0v) is 12.5. The molecule has 1 heterocycles. The number of nitrogens with zero attached hydrogens (tertiary/aromatic N) is 5. The zero-order valence-electron chi connectivity index (χ0n) is 11.6. The van der Waals surface area contributed by atoms with Gasteiger partial charge in [-0.2, -0.15) is 5.26 Å². The van der Waals surface area contributed by atoms with Crippen LogP contribution in [0, 0.1) is 11.5 Å². The first-order chi connectivity index (χ1) is 10.3. The lowest BCUT2D eigenvalue weighted by molar-refractivity contribution is 0.341. The summed E-state index contributed by atoms with van der Waals surface area (Å²) in [6.45, 7) is 2.44. The van der Waals surface area contributed by atoms with Crippen LogP contribution in [0.15, 0.2) is 35.8 Å². The Morgan fingerprint density at radius 2 is 2.24 bits per heavy atom. The summed E-state index contributed by atoms with van der Waals surface area (Å²) in [4.78, 5) is 4.42. The molecule has 1 aromatic carbocycles. The lowest BCUT2D eigenvalue weighted by atomic mass is 10.2. The highest BCUT2D eigenvalue weighted by molar-refractivity contribution is 8.13. The molecule has 0 atom stereocenters. The number of nitrogens with one attached hydrogen (secondary N) is 1. The fourth-order valence-corrected chi connectivity index (χ4v) is 1.98. The van der Waals surface area contributed by atoms with E-state index >= 15 is 0 Å². The van der Waals surface area contributed by atoms with Crippen LogP contribution in [-0.2, 0) is 0 Å². The lowest BCUT2D eigenvalue weighted by Gasteiger charge is -2.10. The van der Waals surface area contributed by atoms with E-state index in [1.54, 1.807) is 17.2 Å². The Morgan fingerprint density at radius 3 is 2.86 bits per heavy atom. The van der Waals surface area contributed by atoms with Crippen molar-refractivity contribution >= 4 is 22.6 Å². The van der Waals surface area contributed by atoms with Gasteiger partial charge in [-0.3, -0.25) is 9.88 Å². The van der Waals surface area contributed by atoms with Gasteiger partial charge in [0.1, 0.15) is 24.1 Å². The highest BCUT2D eigenvalue weighted by atomic mass is 32.2. The number of nitriles is 1. The number of aromatic nitrogens is 3. The van der Waals surface area contributed by atoms with Gasteiger partial charge >= 0.3 is 0 Å². The van der Waals surface area contributed by atoms with Gasteiger partial charge in [-0.25, -0.2) is 4.99 Å². The molecule has 108 valence electrons. The molecule has 21 heavy (non-hydrogen) atoms. The van der Waals surface area contributed by atoms with Crippen LogP contribution in [-0.4, -0.2) is 32.8 Å². The van der Waals surface area contributed by atoms with Crippen molar-refractivity contribution in [3.63, 3.8) is 0 Å². The second kappa shape index (κ2) is 7.31. The standard InChI is InChI=1S/C13H14N6OS/c1-3-20-12-5-4-10(19-8-16-17-9-19)6-11(12)18-13(21-2)15-7-14/h4-6,8-9H,3H2,1-2H3,(H,15,18). The summed E-state index contributed by atoms with van der Waals surface area (Å²) >= 11 is 1.35. The van der Waals surface area contributed by atoms with Crippen molar-refractivity contribution in [2.24, 2.45) is 4.99 Å². The fraction of sp³-hybridized carbons (Fsp3) is 0.231. The fourth-order valence-electron chi connectivity index (χ4n) is 1.65. The van der Waals surface area contributed by atoms with Crippen LogP contribution in [0.25, 0.3) is 5.69 Å². The molecule has 0 bridgehead atoms. The van der Waals surface area contributed by atoms with Crippen molar-refractivity contribution in [3.8, 4) is 17.6 Å². The van der Waals surface area contributed by atoms with Crippen molar-refractivity contribution in [3.05, 3.63) is 30.9 Å². The smallest absolute Gasteiger partial charge is 0.183 e. The number of hydrogen-bond acceptors (Lipinski definition) is 6. The Bertz CT molecular complexity index is 662. The predicted octanol–water partition coefficient (Wildman–Crippen LogP) is 2.09. The van der Waals surface area contributed by atoms with Gasteiger partial charge in [-0.1, -0.05) is 11.8 Å². The first-order valence-corrected chi connectivity index (χ1v) is 7.40. The van der Waals surface area contributed by atoms with Crippen molar-refractivity contribution in [1.29, 1.82) is 5.26 Å². The van der Waals surface area contributed by atoms with E-state index < -0.39 is 0 Å². The minimum absolute atomic E-state index is 0.499. The third kappa shape index (κ3) is 3.73. The van der Waals surface area contributed by atoms with Gasteiger partial charge in [0.2, 0.25) is 0 Å². The second-order valence-corrected chi connectivity index (χ2v) is 4.61. The zero-order chi connectivity index (χ0) is 15.1. The summed E-state index contributed by atoms with van der Waals surface area (Å²) in [6, 6.07) is 5.58. The molecule has 0 saturated heterocycles. The maximum Gasteiger partial charge on any atom is 0.183 e. The van der Waals surface area contributed by atoms with Crippen LogP contribution in [0.2, 0.25) is 0 Å². The highest BCUT2D eigenvalue weighted by Crippen LogP contribution is 2.30. The van der Waals surface area contributed by atoms with Crippen LogP contribution < -0.4 is 10.1 Å². The summed E-state index contributed by atoms with van der Waals surface area (Å²) in [6.07, 6.45) is 6.91. The van der Waals surface area contributed by atoms with Crippen molar-refractivity contribution < 1.29 is 4.74 Å². The van der Waals surface area contributed by atoms with Crippen LogP contribution in [0.5, 0.6) is 5.75 Å². The summed E-state index contributed by atoms with van der Waals surface area (Å²) in [7, 11) is 0. The first kappa shape index (κ1) is 14.9. The Kier molecular flexibility index (Phi) is 5.17. The lowest BCUT2D eigenvalue weighted by Crippen LogP contribution is -2.12. The number of amidine groups is 1. The molecule has 0 amide bonds. The Hall–Kier alpha value is -2.53. The van der Waals surface area contributed by atoms with E-state index in [9.17, 15) is 0 Å². The molecule has 0 saturated carbocycles. The van der Waals surface area contributed by atoms with Gasteiger partial charge in [0.05, 0.1) is 12.3 Å². The van der Waals surface area contributed by atoms with Gasteiger partial charge in [0.15, 0.2) is 11.4 Å². The third-order valence-corrected chi connectivity index (χ3v) is 3.12. The maximum absolute atomic E-state index is 8.72. The molecule has 0 spiro atoms. The Balaban J connectivity index is 2.44. The molecule has 1 N–H and O–H groups in total. The average Bonchev–Trinajstić information content (AvgIpc) is 3.03. The number of benzene rings is 1. The average molecular weight is 302 g/mol. The molecule has 8 heteroatoms. The van der Waals surface area contributed by atoms with Gasteiger partial charge < -0.3 is 4.74 Å². The van der Waals surface area contributed by atoms with Crippen molar-refractivity contribution in [1.82, 2.24) is 20.1 Å². The van der Waals surface area contributed by atoms with E-state index in [0.29, 0.717) is 23.2 Å². The largest absolute Gasteiger partial charge is 0.492 e. The van der Waals surface area contributed by atoms with Crippen molar-refractivity contribution in [2.45, 2.75) is 6.92 Å². The topological polar surface area (TPSA) is 88.1 Å². The molecule has 1 aromatic heterocycles. The number of aliphatic imine (C=N–C) groups is 1. The van der Waals surface area contributed by atoms with Crippen LogP contribution in [0.3, 0.4) is 0 Å². The molecule has 2 aromatic rings. The molecule has 0 aliphatic heterocycles. The molecule has 2 rings (SSSR count). The van der Waals surface area contributed by atoms with Crippen LogP contribution >= 0.6 is 11.8 Å². The van der Waals surface area contributed by atoms with Crippen molar-refractivity contribution in [2.75, 3.05) is 12.9 Å². The summed E-state index contributed by atoms with van der Waals surface area (Å²) in [5.74, 6) is 0.653. The maximum atomic E-state index is 8.72. The summed E-state index contributed by atoms with van der Waals surface area (Å²) in [5.41, 5.74) is 1.50. The van der Waals surface area contributed by atoms with E-state index in [0.717, 1.165) is 5.69 Å². The minimum Gasteiger partial charge on any atom is -0.492 e. The number of rotatable bonds is 4. The van der Waals surface area contributed by atoms with E-state index in [4.69, 9.17) is 10.00 Å². The Labute approximate surface area is 126 Å². The SMILES string of the molecule is CCOc1ccc(-n2cnnc2)cc1N=C(NC#N)SC. The van der Waals surface area contributed by atoms with Gasteiger partial charge in [-0.05, 0) is 31.4 Å². The van der Waals surface area contributed by atoms with Gasteiger partial charge in [0, 0.05) is 0 Å². The number of ether oxygens (including phenoxy) is 1. The molecular weight excluding hydrogens is 288 g/mol. The monoisotopic (exact) mass is 302 g/mol. The molecular formula is C13H14N6OS. The number of hydrogen-bond donors (Lipinski definition) is 1. The Morgan fingerprint density at radius 1 is 1.48 bits per heavy atom. The van der Waals surface area contributed by atoms with E-state index in [1.807, 2.05) is 37.6 Å². The molecule has 0 fully saturated rings. The van der Waals surface area contributed by atoms with Gasteiger partial charge in [-0.15, -0.1) is 10.2 Å². The van der Waals surface area contributed by atoms with E-state index in [-0.39, 0.29) is 0 Å². The molecule has 0 radical (unpaired) electrons. The molecule has 0 unspecified atom stereocenters. The molecule has 0 aliphatic rings. The molecule has 0 aliphatic carbocycles.